The molecule has 1 aliphatic rings. The summed E-state index contributed by atoms with van der Waals surface area (Å²) in [6.45, 7) is 9.07. The molecule has 0 atom stereocenters. The highest BCUT2D eigenvalue weighted by Crippen LogP contribution is 2.12. The quantitative estimate of drug-likeness (QED) is 0.820. The van der Waals surface area contributed by atoms with Crippen molar-refractivity contribution < 1.29 is 4.79 Å². The van der Waals surface area contributed by atoms with Gasteiger partial charge in [-0.25, -0.2) is 0 Å². The molecule has 0 saturated carbocycles. The Morgan fingerprint density at radius 2 is 1.96 bits per heavy atom. The molecule has 2 aromatic rings. The zero-order valence-electron chi connectivity index (χ0n) is 14.8. The van der Waals surface area contributed by atoms with Crippen LogP contribution in [-0.2, 0) is 24.9 Å². The van der Waals surface area contributed by atoms with Crippen LogP contribution in [-0.4, -0.2) is 61.4 Å². The van der Waals surface area contributed by atoms with Gasteiger partial charge in [-0.1, -0.05) is 0 Å². The number of aryl methyl sites for hydroxylation is 4. The fourth-order valence-corrected chi connectivity index (χ4v) is 3.19. The van der Waals surface area contributed by atoms with Crippen LogP contribution in [0.3, 0.4) is 0 Å². The highest BCUT2D eigenvalue weighted by atomic mass is 16.2. The molecule has 24 heavy (non-hydrogen) atoms. The van der Waals surface area contributed by atoms with Crippen molar-refractivity contribution in [1.29, 1.82) is 0 Å². The predicted molar refractivity (Wildman–Crippen MR) is 91.4 cm³/mol. The second-order valence-electron chi connectivity index (χ2n) is 6.52. The lowest BCUT2D eigenvalue weighted by Gasteiger charge is -2.34. The Kier molecular flexibility index (Phi) is 4.99. The first-order valence-corrected chi connectivity index (χ1v) is 8.50. The van der Waals surface area contributed by atoms with Gasteiger partial charge in [-0.05, 0) is 19.9 Å². The Hall–Kier alpha value is -2.15. The lowest BCUT2D eigenvalue weighted by atomic mass is 10.2. The highest BCUT2D eigenvalue weighted by molar-refractivity contribution is 5.76. The van der Waals surface area contributed by atoms with Crippen molar-refractivity contribution in [2.24, 2.45) is 7.05 Å². The molecule has 1 saturated heterocycles. The van der Waals surface area contributed by atoms with Gasteiger partial charge in [-0.3, -0.25) is 19.1 Å². The number of nitrogens with zero attached hydrogens (tertiary/aromatic N) is 6. The van der Waals surface area contributed by atoms with Gasteiger partial charge in [0.15, 0.2) is 0 Å². The summed E-state index contributed by atoms with van der Waals surface area (Å²) >= 11 is 0. The third-order valence-electron chi connectivity index (χ3n) is 4.70. The van der Waals surface area contributed by atoms with Crippen molar-refractivity contribution in [2.75, 3.05) is 26.2 Å². The van der Waals surface area contributed by atoms with Crippen molar-refractivity contribution in [2.45, 2.75) is 33.4 Å². The summed E-state index contributed by atoms with van der Waals surface area (Å²) in [6.07, 6.45) is 4.38. The first-order valence-electron chi connectivity index (χ1n) is 8.50. The molecule has 2 aromatic heterocycles. The molecule has 0 bridgehead atoms. The van der Waals surface area contributed by atoms with E-state index in [0.29, 0.717) is 13.0 Å². The number of hydrogen-bond donors (Lipinski definition) is 0. The molecule has 0 spiro atoms. The second-order valence-corrected chi connectivity index (χ2v) is 6.52. The Labute approximate surface area is 142 Å². The van der Waals surface area contributed by atoms with E-state index in [1.165, 1.54) is 5.56 Å². The molecule has 7 heteroatoms. The summed E-state index contributed by atoms with van der Waals surface area (Å²) in [6, 6.07) is 1.96. The largest absolute Gasteiger partial charge is 0.340 e. The standard InChI is InChI=1S/C17H26N6O/c1-14-4-6-18-23(14)7-5-17(24)22-10-8-21(9-11-22)13-16-12-20(3)19-15(16)2/h4,6,12H,5,7-11,13H2,1-3H3. The van der Waals surface area contributed by atoms with Crippen LogP contribution >= 0.6 is 0 Å². The van der Waals surface area contributed by atoms with Gasteiger partial charge < -0.3 is 4.90 Å². The minimum absolute atomic E-state index is 0.224. The topological polar surface area (TPSA) is 59.2 Å². The van der Waals surface area contributed by atoms with Gasteiger partial charge in [0.25, 0.3) is 0 Å². The van der Waals surface area contributed by atoms with E-state index in [-0.39, 0.29) is 5.91 Å². The molecule has 130 valence electrons. The molecule has 0 aliphatic carbocycles. The molecule has 1 amide bonds. The van der Waals surface area contributed by atoms with Crippen LogP contribution in [0, 0.1) is 13.8 Å². The maximum Gasteiger partial charge on any atom is 0.224 e. The smallest absolute Gasteiger partial charge is 0.224 e. The van der Waals surface area contributed by atoms with Crippen molar-refractivity contribution in [1.82, 2.24) is 29.4 Å². The number of amides is 1. The number of rotatable bonds is 5. The zero-order valence-corrected chi connectivity index (χ0v) is 14.8. The highest BCUT2D eigenvalue weighted by Gasteiger charge is 2.21. The van der Waals surface area contributed by atoms with E-state index in [1.807, 2.05) is 41.2 Å². The number of carbonyl (C=O) groups is 1. The molecule has 0 N–H and O–H groups in total. The van der Waals surface area contributed by atoms with E-state index < -0.39 is 0 Å². The van der Waals surface area contributed by atoms with Crippen molar-refractivity contribution in [3.8, 4) is 0 Å². The summed E-state index contributed by atoms with van der Waals surface area (Å²) in [4.78, 5) is 16.8. The van der Waals surface area contributed by atoms with Crippen molar-refractivity contribution in [3.05, 3.63) is 35.4 Å². The average molecular weight is 330 g/mol. The van der Waals surface area contributed by atoms with E-state index in [1.54, 1.807) is 6.20 Å². The van der Waals surface area contributed by atoms with Gasteiger partial charge in [-0.15, -0.1) is 0 Å². The monoisotopic (exact) mass is 330 g/mol. The third kappa shape index (κ3) is 3.84. The van der Waals surface area contributed by atoms with Gasteiger partial charge in [0.05, 0.1) is 5.69 Å². The van der Waals surface area contributed by atoms with Crippen LogP contribution in [0.2, 0.25) is 0 Å². The number of aromatic nitrogens is 4. The summed E-state index contributed by atoms with van der Waals surface area (Å²) in [5, 5.41) is 8.62. The van der Waals surface area contributed by atoms with Crippen LogP contribution in [0.4, 0.5) is 0 Å². The van der Waals surface area contributed by atoms with Crippen molar-refractivity contribution in [3.63, 3.8) is 0 Å². The van der Waals surface area contributed by atoms with Gasteiger partial charge in [-0.2, -0.15) is 10.2 Å². The third-order valence-corrected chi connectivity index (χ3v) is 4.70. The molecule has 3 rings (SSSR count). The average Bonchev–Trinajstić information content (AvgIpc) is 3.11. The number of piperazine rings is 1. The van der Waals surface area contributed by atoms with E-state index >= 15 is 0 Å². The number of hydrogen-bond acceptors (Lipinski definition) is 4. The Balaban J connectivity index is 1.45. The van der Waals surface area contributed by atoms with E-state index in [4.69, 9.17) is 0 Å². The molecule has 0 unspecified atom stereocenters. The molecule has 3 heterocycles. The zero-order chi connectivity index (χ0) is 17.1. The number of carbonyl (C=O) groups excluding carboxylic acids is 1. The molecular formula is C17H26N6O. The van der Waals surface area contributed by atoms with Crippen LogP contribution in [0.1, 0.15) is 23.4 Å². The first kappa shape index (κ1) is 16.7. The Bertz CT molecular complexity index is 696. The van der Waals surface area contributed by atoms with Gasteiger partial charge in [0.2, 0.25) is 5.91 Å². The summed E-state index contributed by atoms with van der Waals surface area (Å²) in [5.74, 6) is 0.224. The fourth-order valence-electron chi connectivity index (χ4n) is 3.19. The summed E-state index contributed by atoms with van der Waals surface area (Å²) < 4.78 is 3.75. The second kappa shape index (κ2) is 7.17. The summed E-state index contributed by atoms with van der Waals surface area (Å²) in [7, 11) is 1.95. The van der Waals surface area contributed by atoms with Crippen LogP contribution < -0.4 is 0 Å². The SMILES string of the molecule is Cc1nn(C)cc1CN1CCN(C(=O)CCn2nccc2C)CC1. The van der Waals surface area contributed by atoms with E-state index in [0.717, 1.165) is 44.1 Å². The van der Waals surface area contributed by atoms with Gasteiger partial charge in [0.1, 0.15) is 0 Å². The van der Waals surface area contributed by atoms with E-state index in [2.05, 4.69) is 21.3 Å². The summed E-state index contributed by atoms with van der Waals surface area (Å²) in [5.41, 5.74) is 3.46. The fraction of sp³-hybridized carbons (Fsp3) is 0.588. The van der Waals surface area contributed by atoms with Crippen LogP contribution in [0.5, 0.6) is 0 Å². The Morgan fingerprint density at radius 3 is 2.54 bits per heavy atom. The molecule has 1 fully saturated rings. The normalized spacial score (nSPS) is 15.9. The lowest BCUT2D eigenvalue weighted by Crippen LogP contribution is -2.48. The Morgan fingerprint density at radius 1 is 1.21 bits per heavy atom. The molecule has 0 aromatic carbocycles. The minimum Gasteiger partial charge on any atom is -0.340 e. The van der Waals surface area contributed by atoms with Gasteiger partial charge in [0, 0.05) is 76.4 Å². The first-order chi connectivity index (χ1) is 11.5. The molecular weight excluding hydrogens is 304 g/mol. The molecule has 1 aliphatic heterocycles. The molecule has 7 nitrogen and oxygen atoms in total. The van der Waals surface area contributed by atoms with Crippen molar-refractivity contribution >= 4 is 5.91 Å². The van der Waals surface area contributed by atoms with Gasteiger partial charge >= 0.3 is 0 Å². The lowest BCUT2D eigenvalue weighted by molar-refractivity contribution is -0.133. The minimum atomic E-state index is 0.224. The molecule has 0 radical (unpaired) electrons. The van der Waals surface area contributed by atoms with Crippen LogP contribution in [0.15, 0.2) is 18.5 Å². The van der Waals surface area contributed by atoms with E-state index in [9.17, 15) is 4.79 Å². The maximum absolute atomic E-state index is 12.4. The maximum atomic E-state index is 12.4. The van der Waals surface area contributed by atoms with Crippen LogP contribution in [0.25, 0.3) is 0 Å². The predicted octanol–water partition coefficient (Wildman–Crippen LogP) is 0.968.